The Bertz CT molecular complexity index is 1450. The summed E-state index contributed by atoms with van der Waals surface area (Å²) in [5, 5.41) is 0. The maximum atomic E-state index is 12.8. The van der Waals surface area contributed by atoms with Crippen LogP contribution in [-0.4, -0.2) is 37.2 Å². The molecule has 0 N–H and O–H groups in total. The van der Waals surface area contributed by atoms with E-state index in [1.165, 1.54) is 64.2 Å². The number of rotatable bonds is 48. The van der Waals surface area contributed by atoms with Crippen LogP contribution in [0.3, 0.4) is 0 Å². The predicted molar refractivity (Wildman–Crippen MR) is 293 cm³/mol. The maximum absolute atomic E-state index is 12.8. The quantitative estimate of drug-likeness (QED) is 0.0262. The van der Waals surface area contributed by atoms with E-state index < -0.39 is 6.10 Å². The van der Waals surface area contributed by atoms with Gasteiger partial charge in [-0.2, -0.15) is 0 Å². The van der Waals surface area contributed by atoms with E-state index in [9.17, 15) is 14.4 Å². The molecule has 0 radical (unpaired) electrons. The van der Waals surface area contributed by atoms with Crippen molar-refractivity contribution in [1.82, 2.24) is 0 Å². The summed E-state index contributed by atoms with van der Waals surface area (Å²) in [6, 6.07) is 0. The molecular weight excluding hydrogens is 841 g/mol. The van der Waals surface area contributed by atoms with Crippen molar-refractivity contribution in [2.45, 2.75) is 239 Å². The molecule has 0 fully saturated rings. The number of hydrogen-bond acceptors (Lipinski definition) is 6. The zero-order chi connectivity index (χ0) is 49.3. The lowest BCUT2D eigenvalue weighted by Gasteiger charge is -2.18. The number of carbonyl (C=O) groups is 3. The summed E-state index contributed by atoms with van der Waals surface area (Å²) in [4.78, 5) is 38.1. The van der Waals surface area contributed by atoms with Crippen molar-refractivity contribution in [2.75, 3.05) is 13.2 Å². The molecule has 0 amide bonds. The van der Waals surface area contributed by atoms with Crippen LogP contribution in [0.4, 0.5) is 0 Å². The van der Waals surface area contributed by atoms with Crippen molar-refractivity contribution in [3.63, 3.8) is 0 Å². The smallest absolute Gasteiger partial charge is 0.306 e. The first-order valence-electron chi connectivity index (χ1n) is 27.5. The van der Waals surface area contributed by atoms with E-state index in [1.807, 2.05) is 6.08 Å². The number of unbranched alkanes of at least 4 members (excludes halogenated alkanes) is 17. The van der Waals surface area contributed by atoms with E-state index in [0.717, 1.165) is 122 Å². The van der Waals surface area contributed by atoms with Crippen molar-refractivity contribution >= 4 is 17.9 Å². The molecule has 6 nitrogen and oxygen atoms in total. The second kappa shape index (κ2) is 55.4. The van der Waals surface area contributed by atoms with E-state index in [2.05, 4.69) is 136 Å². The molecule has 0 aliphatic rings. The fourth-order valence-electron chi connectivity index (χ4n) is 7.12. The minimum absolute atomic E-state index is 0.113. The molecule has 0 aromatic rings. The number of esters is 3. The molecule has 0 spiro atoms. The molecule has 0 aliphatic heterocycles. The zero-order valence-corrected chi connectivity index (χ0v) is 43.8. The standard InChI is InChI=1S/C62H100O6/c1-4-7-10-13-16-19-22-25-28-30-31-33-34-37-40-43-46-49-52-55-61(64)67-58-59(57-66-60(63)54-51-48-45-42-39-36-27-24-21-18-15-12-9-6-3)68-62(65)56-53-50-47-44-41-38-35-32-29-26-23-20-17-14-11-8-5-2/h7-8,10-11,16-17,19-20,24-29,31,33,37,40,46,49,59H,4-6,9,12-15,18,21-23,30,32,34-36,38-39,41-45,47-48,50-58H2,1-3H3/b10-7-,11-8-,19-16-,20-17-,27-24-,28-25-,29-26-,33-31-,40-37-,49-46-. The second-order valence-corrected chi connectivity index (χ2v) is 17.7. The minimum atomic E-state index is -0.821. The Kier molecular flexibility index (Phi) is 52.0. The van der Waals surface area contributed by atoms with Crippen LogP contribution in [0.2, 0.25) is 0 Å². The van der Waals surface area contributed by atoms with Gasteiger partial charge in [0.25, 0.3) is 0 Å². The van der Waals surface area contributed by atoms with Crippen LogP contribution in [0.25, 0.3) is 0 Å². The van der Waals surface area contributed by atoms with Crippen LogP contribution >= 0.6 is 0 Å². The van der Waals surface area contributed by atoms with Crippen LogP contribution in [0.5, 0.6) is 0 Å². The molecule has 68 heavy (non-hydrogen) atoms. The third kappa shape index (κ3) is 52.8. The largest absolute Gasteiger partial charge is 0.462 e. The van der Waals surface area contributed by atoms with E-state index in [4.69, 9.17) is 14.2 Å². The van der Waals surface area contributed by atoms with Gasteiger partial charge in [0.1, 0.15) is 13.2 Å². The van der Waals surface area contributed by atoms with Crippen LogP contribution in [0.1, 0.15) is 233 Å². The number of hydrogen-bond donors (Lipinski definition) is 0. The van der Waals surface area contributed by atoms with Gasteiger partial charge in [-0.25, -0.2) is 0 Å². The number of carbonyl (C=O) groups excluding carboxylic acids is 3. The van der Waals surface area contributed by atoms with Crippen molar-refractivity contribution in [2.24, 2.45) is 0 Å². The first-order chi connectivity index (χ1) is 33.5. The number of allylic oxidation sites excluding steroid dienone is 20. The highest BCUT2D eigenvalue weighted by Gasteiger charge is 2.19. The Balaban J connectivity index is 4.54. The lowest BCUT2D eigenvalue weighted by atomic mass is 10.1. The molecule has 0 aromatic heterocycles. The van der Waals surface area contributed by atoms with Crippen LogP contribution < -0.4 is 0 Å². The van der Waals surface area contributed by atoms with Gasteiger partial charge in [-0.3, -0.25) is 14.4 Å². The normalized spacial score (nSPS) is 13.0. The molecule has 0 bridgehead atoms. The molecular formula is C62H100O6. The Morgan fingerprint density at radius 2 is 0.603 bits per heavy atom. The second-order valence-electron chi connectivity index (χ2n) is 17.7. The van der Waals surface area contributed by atoms with Crippen LogP contribution in [0, 0.1) is 0 Å². The van der Waals surface area contributed by atoms with Crippen molar-refractivity contribution < 1.29 is 28.6 Å². The summed E-state index contributed by atoms with van der Waals surface area (Å²) in [5.41, 5.74) is 0. The SMILES string of the molecule is CC/C=C\C/C=C\C/C=C\C/C=C\C/C=C\C/C=C\CCC(=O)OCC(COC(=O)CCCCCCC/C=C\CCCCCCC)OC(=O)CCCCCCCCC/C=C\C/C=C\C/C=C\CC. The van der Waals surface area contributed by atoms with Gasteiger partial charge >= 0.3 is 17.9 Å². The summed E-state index contributed by atoms with van der Waals surface area (Å²) >= 11 is 0. The molecule has 1 unspecified atom stereocenters. The average Bonchev–Trinajstić information content (AvgIpc) is 3.34. The first kappa shape index (κ1) is 63.8. The molecule has 6 heteroatoms. The van der Waals surface area contributed by atoms with Crippen LogP contribution in [-0.2, 0) is 28.6 Å². The molecule has 384 valence electrons. The summed E-state index contributed by atoms with van der Waals surface area (Å²) in [5.74, 6) is -1.02. The molecule has 0 aromatic carbocycles. The third-order valence-corrected chi connectivity index (χ3v) is 11.2. The summed E-state index contributed by atoms with van der Waals surface area (Å²) < 4.78 is 16.8. The minimum Gasteiger partial charge on any atom is -0.462 e. The summed E-state index contributed by atoms with van der Waals surface area (Å²) in [6.07, 6.45) is 76.2. The molecule has 1 atom stereocenters. The van der Waals surface area contributed by atoms with Gasteiger partial charge in [0, 0.05) is 19.3 Å². The first-order valence-corrected chi connectivity index (χ1v) is 27.5. The highest BCUT2D eigenvalue weighted by Crippen LogP contribution is 2.13. The third-order valence-electron chi connectivity index (χ3n) is 11.2. The Morgan fingerprint density at radius 1 is 0.309 bits per heavy atom. The monoisotopic (exact) mass is 941 g/mol. The Hall–Kier alpha value is -4.19. The summed E-state index contributed by atoms with van der Waals surface area (Å²) in [6.45, 7) is 6.32. The van der Waals surface area contributed by atoms with E-state index in [-0.39, 0.29) is 37.5 Å². The van der Waals surface area contributed by atoms with Gasteiger partial charge in [0.2, 0.25) is 0 Å². The molecule has 0 rings (SSSR count). The van der Waals surface area contributed by atoms with Crippen LogP contribution in [0.15, 0.2) is 122 Å². The molecule has 0 saturated carbocycles. The zero-order valence-electron chi connectivity index (χ0n) is 43.8. The molecule has 0 aliphatic carbocycles. The lowest BCUT2D eigenvalue weighted by Crippen LogP contribution is -2.30. The van der Waals surface area contributed by atoms with E-state index in [1.54, 1.807) is 0 Å². The highest BCUT2D eigenvalue weighted by atomic mass is 16.6. The van der Waals surface area contributed by atoms with E-state index in [0.29, 0.717) is 19.3 Å². The van der Waals surface area contributed by atoms with Gasteiger partial charge in [-0.05, 0) is 116 Å². The Morgan fingerprint density at radius 3 is 1.00 bits per heavy atom. The summed E-state index contributed by atoms with van der Waals surface area (Å²) in [7, 11) is 0. The van der Waals surface area contributed by atoms with Gasteiger partial charge < -0.3 is 14.2 Å². The van der Waals surface area contributed by atoms with E-state index >= 15 is 0 Å². The van der Waals surface area contributed by atoms with Crippen molar-refractivity contribution in [1.29, 1.82) is 0 Å². The molecule has 0 saturated heterocycles. The van der Waals surface area contributed by atoms with Crippen molar-refractivity contribution in [3.05, 3.63) is 122 Å². The van der Waals surface area contributed by atoms with Gasteiger partial charge in [-0.15, -0.1) is 0 Å². The van der Waals surface area contributed by atoms with Crippen molar-refractivity contribution in [3.8, 4) is 0 Å². The Labute approximate surface area is 418 Å². The lowest BCUT2D eigenvalue weighted by molar-refractivity contribution is -0.166. The molecule has 0 heterocycles. The van der Waals surface area contributed by atoms with Gasteiger partial charge in [0.15, 0.2) is 6.10 Å². The predicted octanol–water partition coefficient (Wildman–Crippen LogP) is 18.5. The van der Waals surface area contributed by atoms with Gasteiger partial charge in [0.05, 0.1) is 0 Å². The average molecular weight is 941 g/mol. The highest BCUT2D eigenvalue weighted by molar-refractivity contribution is 5.71. The fraction of sp³-hybridized carbons (Fsp3) is 0.629. The number of ether oxygens (including phenoxy) is 3. The topological polar surface area (TPSA) is 78.9 Å². The maximum Gasteiger partial charge on any atom is 0.306 e. The fourth-order valence-corrected chi connectivity index (χ4v) is 7.12. The van der Waals surface area contributed by atoms with Gasteiger partial charge in [-0.1, -0.05) is 219 Å².